The average molecular weight is 260 g/mol. The number of carbonyl (C=O) groups excluding carboxylic acids is 1. The van der Waals surface area contributed by atoms with E-state index in [-0.39, 0.29) is 17.0 Å². The molecule has 0 saturated carbocycles. The predicted molar refractivity (Wildman–Crippen MR) is 65.8 cm³/mol. The summed E-state index contributed by atoms with van der Waals surface area (Å²) in [4.78, 5) is 24.1. The van der Waals surface area contributed by atoms with Crippen LogP contribution in [0.4, 0.5) is 5.69 Å². The molecular weight excluding hydrogens is 248 g/mol. The molecule has 1 aromatic rings. The van der Waals surface area contributed by atoms with Crippen molar-refractivity contribution >= 4 is 17.6 Å². The van der Waals surface area contributed by atoms with Crippen molar-refractivity contribution in [3.8, 4) is 6.07 Å². The van der Waals surface area contributed by atoms with Crippen LogP contribution in [0.25, 0.3) is 0 Å². The first kappa shape index (κ1) is 12.9. The maximum atomic E-state index is 11.6. The summed E-state index contributed by atoms with van der Waals surface area (Å²) in [5.74, 6) is -1.77. The van der Waals surface area contributed by atoms with Crippen molar-refractivity contribution in [3.05, 3.63) is 29.3 Å². The molecule has 0 radical (unpaired) electrons. The monoisotopic (exact) mass is 260 g/mol. The molecule has 1 aliphatic rings. The maximum Gasteiger partial charge on any atom is 0.339 e. The summed E-state index contributed by atoms with van der Waals surface area (Å²) in [5.41, 5.74) is 1.16. The summed E-state index contributed by atoms with van der Waals surface area (Å²) < 4.78 is 4.62. The summed E-state index contributed by atoms with van der Waals surface area (Å²) in [6.07, 6.45) is 0. The summed E-state index contributed by atoms with van der Waals surface area (Å²) >= 11 is 0. The molecule has 1 N–H and O–H groups in total. The van der Waals surface area contributed by atoms with Gasteiger partial charge >= 0.3 is 11.9 Å². The molecular formula is C13H12N2O4. The lowest BCUT2D eigenvalue weighted by Gasteiger charge is -2.38. The van der Waals surface area contributed by atoms with Crippen molar-refractivity contribution in [2.45, 2.75) is 0 Å². The minimum absolute atomic E-state index is 0.196. The predicted octanol–water partition coefficient (Wildman–Crippen LogP) is 0.866. The maximum absolute atomic E-state index is 11.6. The van der Waals surface area contributed by atoms with Gasteiger partial charge < -0.3 is 14.7 Å². The Morgan fingerprint density at radius 1 is 1.47 bits per heavy atom. The Hall–Kier alpha value is -2.55. The van der Waals surface area contributed by atoms with Gasteiger partial charge in [-0.1, -0.05) is 0 Å². The van der Waals surface area contributed by atoms with Crippen LogP contribution in [0.2, 0.25) is 0 Å². The zero-order valence-electron chi connectivity index (χ0n) is 10.3. The molecule has 2 rings (SSSR count). The van der Waals surface area contributed by atoms with E-state index in [1.807, 2.05) is 11.0 Å². The van der Waals surface area contributed by atoms with Crippen molar-refractivity contribution in [1.82, 2.24) is 0 Å². The SMILES string of the molecule is COC(=O)c1cc(N2CC(C(=O)O)C2)ccc1C#N. The molecule has 0 aliphatic carbocycles. The van der Waals surface area contributed by atoms with Gasteiger partial charge in [-0.25, -0.2) is 4.79 Å². The Kier molecular flexibility index (Phi) is 3.38. The number of carboxylic acids is 1. The van der Waals surface area contributed by atoms with Gasteiger partial charge in [0, 0.05) is 18.8 Å². The summed E-state index contributed by atoms with van der Waals surface area (Å²) in [5, 5.41) is 17.7. The number of anilines is 1. The molecule has 1 aromatic carbocycles. The highest BCUT2D eigenvalue weighted by molar-refractivity contribution is 5.93. The van der Waals surface area contributed by atoms with Gasteiger partial charge in [0.25, 0.3) is 0 Å². The Morgan fingerprint density at radius 2 is 2.16 bits per heavy atom. The van der Waals surface area contributed by atoms with E-state index in [0.29, 0.717) is 13.1 Å². The van der Waals surface area contributed by atoms with Gasteiger partial charge in [-0.3, -0.25) is 4.79 Å². The molecule has 1 fully saturated rings. The third kappa shape index (κ3) is 2.36. The van der Waals surface area contributed by atoms with Crippen LogP contribution >= 0.6 is 0 Å². The molecule has 0 unspecified atom stereocenters. The molecule has 1 saturated heterocycles. The number of carbonyl (C=O) groups is 2. The number of benzene rings is 1. The van der Waals surface area contributed by atoms with Crippen LogP contribution in [0, 0.1) is 17.2 Å². The van der Waals surface area contributed by atoms with Gasteiger partial charge in [-0.15, -0.1) is 0 Å². The summed E-state index contributed by atoms with van der Waals surface area (Å²) in [7, 11) is 1.25. The molecule has 0 atom stereocenters. The van der Waals surface area contributed by atoms with E-state index >= 15 is 0 Å². The Bertz CT molecular complexity index is 570. The van der Waals surface area contributed by atoms with Crippen molar-refractivity contribution in [3.63, 3.8) is 0 Å². The second kappa shape index (κ2) is 4.98. The Labute approximate surface area is 109 Å². The van der Waals surface area contributed by atoms with E-state index in [1.54, 1.807) is 12.1 Å². The van der Waals surface area contributed by atoms with E-state index in [1.165, 1.54) is 13.2 Å². The number of ether oxygens (including phenoxy) is 1. The van der Waals surface area contributed by atoms with Gasteiger partial charge in [0.2, 0.25) is 0 Å². The molecule has 1 aliphatic heterocycles. The van der Waals surface area contributed by atoms with Gasteiger partial charge in [0.05, 0.1) is 24.2 Å². The third-order valence-corrected chi connectivity index (χ3v) is 3.12. The lowest BCUT2D eigenvalue weighted by atomic mass is 9.98. The van der Waals surface area contributed by atoms with Crippen molar-refractivity contribution in [2.75, 3.05) is 25.1 Å². The molecule has 1 heterocycles. The number of aliphatic carboxylic acids is 1. The standard InChI is InChI=1S/C13H12N2O4/c1-19-13(18)11-4-10(3-2-8(11)5-14)15-6-9(7-15)12(16)17/h2-4,9H,6-7H2,1H3,(H,16,17). The number of hydrogen-bond acceptors (Lipinski definition) is 5. The highest BCUT2D eigenvalue weighted by Crippen LogP contribution is 2.27. The van der Waals surface area contributed by atoms with Gasteiger partial charge in [-0.05, 0) is 18.2 Å². The number of esters is 1. The number of rotatable bonds is 3. The van der Waals surface area contributed by atoms with Crippen molar-refractivity contribution in [1.29, 1.82) is 5.26 Å². The second-order valence-electron chi connectivity index (χ2n) is 4.27. The number of nitrogens with zero attached hydrogens (tertiary/aromatic N) is 2. The first-order valence-electron chi connectivity index (χ1n) is 5.67. The molecule has 0 amide bonds. The molecule has 98 valence electrons. The Morgan fingerprint density at radius 3 is 2.68 bits per heavy atom. The van der Waals surface area contributed by atoms with Gasteiger partial charge in [-0.2, -0.15) is 5.26 Å². The number of carboxylic acid groups (broad SMARTS) is 1. The van der Waals surface area contributed by atoms with Crippen LogP contribution in [0.3, 0.4) is 0 Å². The average Bonchev–Trinajstić information content (AvgIpc) is 2.35. The normalized spacial score (nSPS) is 14.4. The third-order valence-electron chi connectivity index (χ3n) is 3.12. The van der Waals surface area contributed by atoms with Gasteiger partial charge in [0.15, 0.2) is 0 Å². The highest BCUT2D eigenvalue weighted by atomic mass is 16.5. The quantitative estimate of drug-likeness (QED) is 0.811. The first-order valence-corrected chi connectivity index (χ1v) is 5.67. The summed E-state index contributed by atoms with van der Waals surface area (Å²) in [6.45, 7) is 0.809. The number of nitriles is 1. The van der Waals surface area contributed by atoms with Crippen LogP contribution in [0.5, 0.6) is 0 Å². The second-order valence-corrected chi connectivity index (χ2v) is 4.27. The van der Waals surface area contributed by atoms with Crippen molar-refractivity contribution in [2.24, 2.45) is 5.92 Å². The zero-order chi connectivity index (χ0) is 14.0. The highest BCUT2D eigenvalue weighted by Gasteiger charge is 2.33. The van der Waals surface area contributed by atoms with Gasteiger partial charge in [0.1, 0.15) is 6.07 Å². The summed E-state index contributed by atoms with van der Waals surface area (Å²) in [6, 6.07) is 6.72. The lowest BCUT2D eigenvalue weighted by Crippen LogP contribution is -2.50. The first-order chi connectivity index (χ1) is 9.06. The van der Waals surface area contributed by atoms with Crippen molar-refractivity contribution < 1.29 is 19.4 Å². The van der Waals surface area contributed by atoms with Crippen LogP contribution in [0.15, 0.2) is 18.2 Å². The fraction of sp³-hybridized carbons (Fsp3) is 0.308. The van der Waals surface area contributed by atoms with E-state index in [2.05, 4.69) is 4.74 Å². The van der Waals surface area contributed by atoms with E-state index in [9.17, 15) is 9.59 Å². The van der Waals surface area contributed by atoms with Crippen LogP contribution in [-0.4, -0.2) is 37.2 Å². The molecule has 19 heavy (non-hydrogen) atoms. The Balaban J connectivity index is 2.23. The van der Waals surface area contributed by atoms with Crippen LogP contribution in [-0.2, 0) is 9.53 Å². The largest absolute Gasteiger partial charge is 0.481 e. The fourth-order valence-corrected chi connectivity index (χ4v) is 1.95. The van der Waals surface area contributed by atoms with Crippen LogP contribution < -0.4 is 4.90 Å². The smallest absolute Gasteiger partial charge is 0.339 e. The lowest BCUT2D eigenvalue weighted by molar-refractivity contribution is -0.142. The van der Waals surface area contributed by atoms with E-state index in [0.717, 1.165) is 5.69 Å². The minimum atomic E-state index is -0.821. The van der Waals surface area contributed by atoms with Crippen LogP contribution in [0.1, 0.15) is 15.9 Å². The molecule has 6 heteroatoms. The zero-order valence-corrected chi connectivity index (χ0v) is 10.3. The molecule has 6 nitrogen and oxygen atoms in total. The topological polar surface area (TPSA) is 90.6 Å². The fourth-order valence-electron chi connectivity index (χ4n) is 1.95. The molecule has 0 bridgehead atoms. The number of hydrogen-bond donors (Lipinski definition) is 1. The molecule has 0 aromatic heterocycles. The minimum Gasteiger partial charge on any atom is -0.481 e. The van der Waals surface area contributed by atoms with E-state index < -0.39 is 11.9 Å². The molecule has 0 spiro atoms. The number of methoxy groups -OCH3 is 1. The van der Waals surface area contributed by atoms with E-state index in [4.69, 9.17) is 10.4 Å².